The van der Waals surface area contributed by atoms with Crippen LogP contribution in [-0.4, -0.2) is 92.7 Å². The number of anilines is 1. The molecule has 0 radical (unpaired) electrons. The van der Waals surface area contributed by atoms with Crippen molar-refractivity contribution in [3.8, 4) is 0 Å². The molecule has 32 heavy (non-hydrogen) atoms. The first kappa shape index (κ1) is 24.7. The van der Waals surface area contributed by atoms with Gasteiger partial charge in [-0.05, 0) is 44.5 Å². The number of unbranched alkanes of at least 4 members (excludes halogenated alkanes) is 1. The topological polar surface area (TPSA) is 62.3 Å². The highest BCUT2D eigenvalue weighted by atomic mass is 16.5. The molecule has 2 aliphatic rings. The SMILES string of the molecule is CCCCOC(=O)CCN1CCN(c2ccc(C(=O)C(C)(C)N3CCOCC3)cc2)CC1. The molecule has 0 N–H and O–H groups in total. The molecule has 1 aromatic rings. The van der Waals surface area contributed by atoms with E-state index in [4.69, 9.17) is 9.47 Å². The molecule has 178 valence electrons. The maximum Gasteiger partial charge on any atom is 0.307 e. The van der Waals surface area contributed by atoms with Crippen LogP contribution in [0.25, 0.3) is 0 Å². The molecule has 0 bridgehead atoms. The zero-order chi connectivity index (χ0) is 23.0. The molecule has 1 aromatic carbocycles. The van der Waals surface area contributed by atoms with Crippen molar-refractivity contribution in [3.05, 3.63) is 29.8 Å². The van der Waals surface area contributed by atoms with E-state index in [1.54, 1.807) is 0 Å². The summed E-state index contributed by atoms with van der Waals surface area (Å²) in [6.45, 7) is 14.0. The van der Waals surface area contributed by atoms with E-state index in [2.05, 4.69) is 33.8 Å². The van der Waals surface area contributed by atoms with Gasteiger partial charge in [0.05, 0.1) is 31.8 Å². The van der Waals surface area contributed by atoms with E-state index in [0.717, 1.165) is 69.9 Å². The lowest BCUT2D eigenvalue weighted by Crippen LogP contribution is -2.54. The van der Waals surface area contributed by atoms with Crippen molar-refractivity contribution in [1.82, 2.24) is 9.80 Å². The fraction of sp³-hybridized carbons (Fsp3) is 0.680. The number of ether oxygens (including phenoxy) is 2. The van der Waals surface area contributed by atoms with E-state index in [0.29, 0.717) is 26.2 Å². The van der Waals surface area contributed by atoms with Crippen LogP contribution in [0.4, 0.5) is 5.69 Å². The molecule has 0 saturated carbocycles. The molecule has 0 aliphatic carbocycles. The Hall–Kier alpha value is -1.96. The monoisotopic (exact) mass is 445 g/mol. The zero-order valence-corrected chi connectivity index (χ0v) is 20.0. The summed E-state index contributed by atoms with van der Waals surface area (Å²) in [4.78, 5) is 31.9. The maximum absolute atomic E-state index is 13.2. The number of nitrogens with zero attached hydrogens (tertiary/aromatic N) is 3. The van der Waals surface area contributed by atoms with E-state index in [-0.39, 0.29) is 11.8 Å². The highest BCUT2D eigenvalue weighted by molar-refractivity contribution is 6.02. The van der Waals surface area contributed by atoms with Crippen molar-refractivity contribution in [2.24, 2.45) is 0 Å². The molecule has 2 heterocycles. The van der Waals surface area contributed by atoms with Crippen molar-refractivity contribution in [2.75, 3.05) is 70.5 Å². The van der Waals surface area contributed by atoms with E-state index in [1.165, 1.54) is 0 Å². The first-order valence-corrected chi connectivity index (χ1v) is 12.0. The number of rotatable bonds is 10. The number of carbonyl (C=O) groups excluding carboxylic acids is 2. The smallest absolute Gasteiger partial charge is 0.307 e. The Balaban J connectivity index is 1.46. The normalized spacial score (nSPS) is 18.5. The standard InChI is InChI=1S/C25H39N3O4/c1-4-5-18-32-23(29)10-11-26-12-14-27(15-13-26)22-8-6-21(7-9-22)24(30)25(2,3)28-16-19-31-20-17-28/h6-9H,4-5,10-20H2,1-3H3. The number of hydrogen-bond donors (Lipinski definition) is 0. The molecule has 0 amide bonds. The summed E-state index contributed by atoms with van der Waals surface area (Å²) < 4.78 is 10.7. The summed E-state index contributed by atoms with van der Waals surface area (Å²) >= 11 is 0. The van der Waals surface area contributed by atoms with Crippen LogP contribution in [0.3, 0.4) is 0 Å². The minimum atomic E-state index is -0.533. The minimum absolute atomic E-state index is 0.0962. The summed E-state index contributed by atoms with van der Waals surface area (Å²) in [5.74, 6) is 0.0581. The van der Waals surface area contributed by atoms with Gasteiger partial charge in [0.2, 0.25) is 0 Å². The van der Waals surface area contributed by atoms with Crippen molar-refractivity contribution >= 4 is 17.4 Å². The molecule has 0 atom stereocenters. The zero-order valence-electron chi connectivity index (χ0n) is 20.0. The Labute approximate surface area is 192 Å². The van der Waals surface area contributed by atoms with E-state index < -0.39 is 5.54 Å². The van der Waals surface area contributed by atoms with Gasteiger partial charge in [-0.1, -0.05) is 13.3 Å². The summed E-state index contributed by atoms with van der Waals surface area (Å²) in [5.41, 5.74) is 1.36. The van der Waals surface area contributed by atoms with Crippen molar-refractivity contribution in [1.29, 1.82) is 0 Å². The van der Waals surface area contributed by atoms with E-state index in [9.17, 15) is 9.59 Å². The molecule has 7 nitrogen and oxygen atoms in total. The number of benzene rings is 1. The minimum Gasteiger partial charge on any atom is -0.466 e. The average molecular weight is 446 g/mol. The summed E-state index contributed by atoms with van der Waals surface area (Å²) in [5, 5.41) is 0. The fourth-order valence-corrected chi connectivity index (χ4v) is 4.32. The van der Waals surface area contributed by atoms with Gasteiger partial charge in [0.25, 0.3) is 0 Å². The fourth-order valence-electron chi connectivity index (χ4n) is 4.32. The quantitative estimate of drug-likeness (QED) is 0.312. The van der Waals surface area contributed by atoms with Crippen molar-refractivity contribution in [3.63, 3.8) is 0 Å². The Morgan fingerprint density at radius 2 is 1.66 bits per heavy atom. The Bertz CT molecular complexity index is 736. The van der Waals surface area contributed by atoms with Gasteiger partial charge in [0, 0.05) is 57.1 Å². The van der Waals surface area contributed by atoms with Gasteiger partial charge >= 0.3 is 5.97 Å². The third-order valence-electron chi connectivity index (χ3n) is 6.62. The largest absolute Gasteiger partial charge is 0.466 e. The Morgan fingerprint density at radius 3 is 2.28 bits per heavy atom. The first-order chi connectivity index (χ1) is 15.4. The number of hydrogen-bond acceptors (Lipinski definition) is 7. The van der Waals surface area contributed by atoms with Crippen LogP contribution < -0.4 is 4.90 Å². The van der Waals surface area contributed by atoms with Crippen LogP contribution in [0, 0.1) is 0 Å². The lowest BCUT2D eigenvalue weighted by atomic mass is 9.90. The molecule has 0 unspecified atom stereocenters. The van der Waals surface area contributed by atoms with E-state index >= 15 is 0 Å². The predicted molar refractivity (Wildman–Crippen MR) is 126 cm³/mol. The molecular weight excluding hydrogens is 406 g/mol. The van der Waals surface area contributed by atoms with Crippen LogP contribution in [-0.2, 0) is 14.3 Å². The van der Waals surface area contributed by atoms with Gasteiger partial charge in [-0.3, -0.25) is 19.4 Å². The number of carbonyl (C=O) groups is 2. The van der Waals surface area contributed by atoms with Crippen molar-refractivity contribution < 1.29 is 19.1 Å². The van der Waals surface area contributed by atoms with Gasteiger partial charge < -0.3 is 14.4 Å². The van der Waals surface area contributed by atoms with Gasteiger partial charge in [0.15, 0.2) is 5.78 Å². The second-order valence-corrected chi connectivity index (χ2v) is 9.19. The number of ketones is 1. The molecule has 2 fully saturated rings. The Kier molecular flexibility index (Phi) is 9.08. The number of esters is 1. The average Bonchev–Trinajstić information content (AvgIpc) is 2.83. The van der Waals surface area contributed by atoms with Crippen LogP contribution in [0.1, 0.15) is 50.4 Å². The van der Waals surface area contributed by atoms with Gasteiger partial charge in [-0.2, -0.15) is 0 Å². The number of Topliss-reactive ketones (excluding diaryl/α,β-unsaturated/α-hetero) is 1. The highest BCUT2D eigenvalue weighted by Crippen LogP contribution is 2.24. The lowest BCUT2D eigenvalue weighted by molar-refractivity contribution is -0.144. The number of morpholine rings is 1. The molecular formula is C25H39N3O4. The summed E-state index contributed by atoms with van der Waals surface area (Å²) in [6.07, 6.45) is 2.43. The lowest BCUT2D eigenvalue weighted by Gasteiger charge is -2.39. The number of piperazine rings is 1. The third-order valence-corrected chi connectivity index (χ3v) is 6.62. The second kappa shape index (κ2) is 11.8. The van der Waals surface area contributed by atoms with E-state index in [1.807, 2.05) is 26.0 Å². The molecule has 0 spiro atoms. The van der Waals surface area contributed by atoms with Crippen LogP contribution in [0.5, 0.6) is 0 Å². The van der Waals surface area contributed by atoms with Gasteiger partial charge in [-0.25, -0.2) is 0 Å². The molecule has 3 rings (SSSR count). The summed E-state index contributed by atoms with van der Waals surface area (Å²) in [7, 11) is 0. The van der Waals surface area contributed by atoms with Crippen LogP contribution in [0.15, 0.2) is 24.3 Å². The van der Waals surface area contributed by atoms with Crippen molar-refractivity contribution in [2.45, 2.75) is 45.6 Å². The molecule has 7 heteroatoms. The molecule has 2 aliphatic heterocycles. The second-order valence-electron chi connectivity index (χ2n) is 9.19. The Morgan fingerprint density at radius 1 is 1.00 bits per heavy atom. The third kappa shape index (κ3) is 6.53. The molecule has 2 saturated heterocycles. The van der Waals surface area contributed by atoms with Crippen LogP contribution in [0.2, 0.25) is 0 Å². The first-order valence-electron chi connectivity index (χ1n) is 12.0. The van der Waals surface area contributed by atoms with Crippen LogP contribution >= 0.6 is 0 Å². The highest BCUT2D eigenvalue weighted by Gasteiger charge is 2.36. The predicted octanol–water partition coefficient (Wildman–Crippen LogP) is 2.84. The molecule has 0 aromatic heterocycles. The van der Waals surface area contributed by atoms with Gasteiger partial charge in [-0.15, -0.1) is 0 Å². The maximum atomic E-state index is 13.2. The summed E-state index contributed by atoms with van der Waals surface area (Å²) in [6, 6.07) is 8.03. The van der Waals surface area contributed by atoms with Gasteiger partial charge in [0.1, 0.15) is 0 Å².